The van der Waals surface area contributed by atoms with Crippen molar-refractivity contribution in [1.29, 1.82) is 0 Å². The van der Waals surface area contributed by atoms with E-state index in [0.29, 0.717) is 11.6 Å². The van der Waals surface area contributed by atoms with Crippen LogP contribution in [0.25, 0.3) is 0 Å². The van der Waals surface area contributed by atoms with E-state index in [4.69, 9.17) is 10.5 Å². The highest BCUT2D eigenvalue weighted by atomic mass is 32.1. The summed E-state index contributed by atoms with van der Waals surface area (Å²) >= 11 is 1.22. The predicted octanol–water partition coefficient (Wildman–Crippen LogP) is 2.61. The number of unbranched alkanes of at least 4 members (excludes halogenated alkanes) is 4. The van der Waals surface area contributed by atoms with E-state index < -0.39 is 0 Å². The first-order valence-electron chi connectivity index (χ1n) is 5.49. The molecule has 0 atom stereocenters. The van der Waals surface area contributed by atoms with Crippen LogP contribution in [0.4, 0.5) is 5.00 Å². The normalized spacial score (nSPS) is 10.7. The van der Waals surface area contributed by atoms with Crippen molar-refractivity contribution < 1.29 is 4.74 Å². The van der Waals surface area contributed by atoms with E-state index in [2.05, 4.69) is 16.5 Å². The minimum atomic E-state index is 0.496. The van der Waals surface area contributed by atoms with Crippen LogP contribution < -0.4 is 5.73 Å². The van der Waals surface area contributed by atoms with Crippen LogP contribution in [0.15, 0.2) is 0 Å². The first-order chi connectivity index (χ1) is 7.34. The summed E-state index contributed by atoms with van der Waals surface area (Å²) in [5.74, 6) is 0. The SMILES string of the molecule is CCCCCCCOCc1nnsc1N. The van der Waals surface area contributed by atoms with Gasteiger partial charge in [-0.15, -0.1) is 5.10 Å². The maximum absolute atomic E-state index is 5.63. The summed E-state index contributed by atoms with van der Waals surface area (Å²) < 4.78 is 9.21. The van der Waals surface area contributed by atoms with Crippen LogP contribution in [-0.2, 0) is 11.3 Å². The standard InChI is InChI=1S/C10H19N3OS/c1-2-3-4-5-6-7-14-8-9-10(11)15-13-12-9/h2-8,11H2,1H3. The molecular formula is C10H19N3OS. The summed E-state index contributed by atoms with van der Waals surface area (Å²) in [5, 5.41) is 4.55. The number of anilines is 1. The Morgan fingerprint density at radius 3 is 2.73 bits per heavy atom. The molecule has 5 heteroatoms. The maximum Gasteiger partial charge on any atom is 0.133 e. The van der Waals surface area contributed by atoms with Gasteiger partial charge < -0.3 is 10.5 Å². The summed E-state index contributed by atoms with van der Waals surface area (Å²) in [5.41, 5.74) is 6.41. The van der Waals surface area contributed by atoms with Gasteiger partial charge in [-0.3, -0.25) is 0 Å². The van der Waals surface area contributed by atoms with Crippen LogP contribution in [0.1, 0.15) is 44.7 Å². The van der Waals surface area contributed by atoms with E-state index in [9.17, 15) is 0 Å². The molecule has 0 radical (unpaired) electrons. The number of nitrogens with zero attached hydrogens (tertiary/aromatic N) is 2. The first-order valence-corrected chi connectivity index (χ1v) is 6.26. The Bertz CT molecular complexity index is 265. The van der Waals surface area contributed by atoms with Gasteiger partial charge in [-0.2, -0.15) is 0 Å². The van der Waals surface area contributed by atoms with Crippen molar-refractivity contribution in [3.05, 3.63) is 5.69 Å². The van der Waals surface area contributed by atoms with Gasteiger partial charge in [0.15, 0.2) is 0 Å². The summed E-state index contributed by atoms with van der Waals surface area (Å²) in [6.07, 6.45) is 6.28. The van der Waals surface area contributed by atoms with Crippen molar-refractivity contribution in [1.82, 2.24) is 9.59 Å². The molecule has 0 aliphatic carbocycles. The van der Waals surface area contributed by atoms with Crippen molar-refractivity contribution in [2.24, 2.45) is 0 Å². The molecule has 0 aliphatic heterocycles. The predicted molar refractivity (Wildman–Crippen MR) is 62.7 cm³/mol. The Morgan fingerprint density at radius 2 is 2.07 bits per heavy atom. The molecular weight excluding hydrogens is 210 g/mol. The van der Waals surface area contributed by atoms with E-state index in [1.807, 2.05) is 0 Å². The molecule has 0 saturated carbocycles. The van der Waals surface area contributed by atoms with Gasteiger partial charge in [-0.1, -0.05) is 37.1 Å². The summed E-state index contributed by atoms with van der Waals surface area (Å²) in [4.78, 5) is 0. The van der Waals surface area contributed by atoms with Gasteiger partial charge in [0, 0.05) is 18.1 Å². The fourth-order valence-corrected chi connectivity index (χ4v) is 1.72. The Hall–Kier alpha value is -0.680. The van der Waals surface area contributed by atoms with Crippen molar-refractivity contribution in [2.45, 2.75) is 45.6 Å². The summed E-state index contributed by atoms with van der Waals surface area (Å²) in [6, 6.07) is 0. The molecule has 0 amide bonds. The average molecular weight is 229 g/mol. The van der Waals surface area contributed by atoms with Gasteiger partial charge in [0.25, 0.3) is 0 Å². The Kier molecular flexibility index (Phi) is 6.27. The van der Waals surface area contributed by atoms with Crippen LogP contribution in [0.3, 0.4) is 0 Å². The van der Waals surface area contributed by atoms with Gasteiger partial charge >= 0.3 is 0 Å². The minimum absolute atomic E-state index is 0.496. The lowest BCUT2D eigenvalue weighted by Gasteiger charge is -2.02. The number of rotatable bonds is 8. The fraction of sp³-hybridized carbons (Fsp3) is 0.800. The van der Waals surface area contributed by atoms with Crippen molar-refractivity contribution in [3.8, 4) is 0 Å². The highest BCUT2D eigenvalue weighted by Crippen LogP contribution is 2.13. The topological polar surface area (TPSA) is 61.0 Å². The number of nitrogen functional groups attached to an aromatic ring is 1. The van der Waals surface area contributed by atoms with E-state index in [1.54, 1.807) is 0 Å². The van der Waals surface area contributed by atoms with Gasteiger partial charge in [-0.05, 0) is 6.42 Å². The van der Waals surface area contributed by atoms with Crippen LogP contribution in [-0.4, -0.2) is 16.2 Å². The zero-order valence-electron chi connectivity index (χ0n) is 9.24. The van der Waals surface area contributed by atoms with E-state index in [1.165, 1.54) is 37.2 Å². The molecule has 1 aromatic rings. The third kappa shape index (κ3) is 5.09. The van der Waals surface area contributed by atoms with Gasteiger partial charge in [0.1, 0.15) is 10.7 Å². The number of nitrogens with two attached hydrogens (primary N) is 1. The van der Waals surface area contributed by atoms with Crippen LogP contribution >= 0.6 is 11.5 Å². The number of aromatic nitrogens is 2. The van der Waals surface area contributed by atoms with Crippen LogP contribution in [0.2, 0.25) is 0 Å². The third-order valence-corrected chi connectivity index (χ3v) is 2.81. The third-order valence-electron chi connectivity index (χ3n) is 2.22. The molecule has 2 N–H and O–H groups in total. The van der Waals surface area contributed by atoms with Crippen LogP contribution in [0.5, 0.6) is 0 Å². The quantitative estimate of drug-likeness (QED) is 0.696. The number of hydrogen-bond acceptors (Lipinski definition) is 5. The molecule has 1 aromatic heterocycles. The Morgan fingerprint density at radius 1 is 1.27 bits per heavy atom. The Labute approximate surface area is 95.0 Å². The molecule has 0 bridgehead atoms. The number of hydrogen-bond donors (Lipinski definition) is 1. The van der Waals surface area contributed by atoms with Gasteiger partial charge in [0.2, 0.25) is 0 Å². The molecule has 4 nitrogen and oxygen atoms in total. The maximum atomic E-state index is 5.63. The molecule has 0 saturated heterocycles. The van der Waals surface area contributed by atoms with Crippen molar-refractivity contribution in [2.75, 3.05) is 12.3 Å². The molecule has 0 spiro atoms. The highest BCUT2D eigenvalue weighted by molar-refractivity contribution is 7.09. The fourth-order valence-electron chi connectivity index (χ4n) is 1.29. The van der Waals surface area contributed by atoms with E-state index in [0.717, 1.165) is 18.7 Å². The van der Waals surface area contributed by atoms with Gasteiger partial charge in [0.05, 0.1) is 6.61 Å². The molecule has 1 heterocycles. The Balaban J connectivity index is 1.96. The lowest BCUT2D eigenvalue weighted by atomic mass is 10.2. The zero-order chi connectivity index (χ0) is 10.9. The first kappa shape index (κ1) is 12.4. The molecule has 0 unspecified atom stereocenters. The number of ether oxygens (including phenoxy) is 1. The monoisotopic (exact) mass is 229 g/mol. The lowest BCUT2D eigenvalue weighted by molar-refractivity contribution is 0.114. The smallest absolute Gasteiger partial charge is 0.133 e. The average Bonchev–Trinajstić information content (AvgIpc) is 2.63. The molecule has 86 valence electrons. The molecule has 0 fully saturated rings. The second-order valence-electron chi connectivity index (χ2n) is 3.55. The minimum Gasteiger partial charge on any atom is -0.388 e. The molecule has 1 rings (SSSR count). The molecule has 0 aliphatic rings. The zero-order valence-corrected chi connectivity index (χ0v) is 10.1. The van der Waals surface area contributed by atoms with Crippen molar-refractivity contribution in [3.63, 3.8) is 0 Å². The summed E-state index contributed by atoms with van der Waals surface area (Å²) in [6.45, 7) is 3.51. The van der Waals surface area contributed by atoms with Gasteiger partial charge in [-0.25, -0.2) is 0 Å². The molecule has 0 aromatic carbocycles. The molecule has 15 heavy (non-hydrogen) atoms. The van der Waals surface area contributed by atoms with Crippen LogP contribution in [0, 0.1) is 0 Å². The highest BCUT2D eigenvalue weighted by Gasteiger charge is 2.02. The largest absolute Gasteiger partial charge is 0.388 e. The second-order valence-corrected chi connectivity index (χ2v) is 4.34. The van der Waals surface area contributed by atoms with E-state index in [-0.39, 0.29) is 0 Å². The lowest BCUT2D eigenvalue weighted by Crippen LogP contribution is -1.98. The summed E-state index contributed by atoms with van der Waals surface area (Å²) in [7, 11) is 0. The van der Waals surface area contributed by atoms with Crippen molar-refractivity contribution >= 4 is 16.5 Å². The van der Waals surface area contributed by atoms with E-state index >= 15 is 0 Å². The second kappa shape index (κ2) is 7.59.